The van der Waals surface area contributed by atoms with Crippen molar-refractivity contribution in [1.82, 2.24) is 10.6 Å². The van der Waals surface area contributed by atoms with E-state index in [0.717, 1.165) is 11.9 Å². The summed E-state index contributed by atoms with van der Waals surface area (Å²) < 4.78 is 0. The van der Waals surface area contributed by atoms with E-state index in [1.54, 1.807) is 0 Å². The fourth-order valence-corrected chi connectivity index (χ4v) is 1.84. The highest BCUT2D eigenvalue weighted by atomic mass is 127. The molecule has 102 valence electrons. The Morgan fingerprint density at radius 3 is 2.47 bits per heavy atom. The van der Waals surface area contributed by atoms with E-state index < -0.39 is 0 Å². The van der Waals surface area contributed by atoms with Crippen LogP contribution in [-0.2, 0) is 0 Å². The number of aliphatic imine (C=N–C) groups is 1. The summed E-state index contributed by atoms with van der Waals surface area (Å²) >= 11 is 0. The summed E-state index contributed by atoms with van der Waals surface area (Å²) in [4.78, 5) is 4.28. The topological polar surface area (TPSA) is 36.4 Å². The normalized spacial score (nSPS) is 25.2. The SMILES string of the molecule is CCCC1CC1NC(=NC)NC(C)C(C)C.I. The molecule has 0 aromatic carbocycles. The predicted octanol–water partition coefficient (Wildman–Crippen LogP) is 3.00. The lowest BCUT2D eigenvalue weighted by Gasteiger charge is -2.20. The zero-order chi connectivity index (χ0) is 12.1. The van der Waals surface area contributed by atoms with Crippen LogP contribution >= 0.6 is 24.0 Å². The molecule has 0 radical (unpaired) electrons. The fraction of sp³-hybridized carbons (Fsp3) is 0.923. The summed E-state index contributed by atoms with van der Waals surface area (Å²) in [6.07, 6.45) is 3.94. The molecule has 0 saturated heterocycles. The van der Waals surface area contributed by atoms with Gasteiger partial charge in [-0.15, -0.1) is 24.0 Å². The number of nitrogens with one attached hydrogen (secondary N) is 2. The Labute approximate surface area is 123 Å². The third-order valence-corrected chi connectivity index (χ3v) is 3.49. The van der Waals surface area contributed by atoms with Crippen LogP contribution in [0.2, 0.25) is 0 Å². The van der Waals surface area contributed by atoms with E-state index in [1.165, 1.54) is 19.3 Å². The summed E-state index contributed by atoms with van der Waals surface area (Å²) in [5.74, 6) is 2.46. The zero-order valence-electron chi connectivity index (χ0n) is 11.8. The van der Waals surface area contributed by atoms with Gasteiger partial charge in [0.25, 0.3) is 0 Å². The number of hydrogen-bond donors (Lipinski definition) is 2. The van der Waals surface area contributed by atoms with Crippen LogP contribution in [-0.4, -0.2) is 25.1 Å². The Morgan fingerprint density at radius 2 is 2.00 bits per heavy atom. The van der Waals surface area contributed by atoms with Crippen LogP contribution in [0.1, 0.15) is 47.0 Å². The van der Waals surface area contributed by atoms with Crippen LogP contribution in [0.15, 0.2) is 4.99 Å². The van der Waals surface area contributed by atoms with E-state index >= 15 is 0 Å². The first kappa shape index (κ1) is 17.0. The quantitative estimate of drug-likeness (QED) is 0.453. The Morgan fingerprint density at radius 1 is 1.35 bits per heavy atom. The van der Waals surface area contributed by atoms with Gasteiger partial charge in [-0.25, -0.2) is 0 Å². The molecule has 3 unspecified atom stereocenters. The third kappa shape index (κ3) is 5.93. The molecule has 17 heavy (non-hydrogen) atoms. The first-order valence-corrected chi connectivity index (χ1v) is 6.58. The monoisotopic (exact) mass is 353 g/mol. The molecule has 0 bridgehead atoms. The maximum atomic E-state index is 4.28. The maximum absolute atomic E-state index is 4.28. The predicted molar refractivity (Wildman–Crippen MR) is 86.1 cm³/mol. The van der Waals surface area contributed by atoms with Gasteiger partial charge in [-0.3, -0.25) is 4.99 Å². The van der Waals surface area contributed by atoms with E-state index in [-0.39, 0.29) is 24.0 Å². The zero-order valence-corrected chi connectivity index (χ0v) is 14.1. The van der Waals surface area contributed by atoms with Crippen molar-refractivity contribution in [3.05, 3.63) is 0 Å². The first-order chi connectivity index (χ1) is 7.58. The Balaban J connectivity index is 0.00000256. The summed E-state index contributed by atoms with van der Waals surface area (Å²) in [6, 6.07) is 1.13. The van der Waals surface area contributed by atoms with Crippen molar-refractivity contribution in [2.45, 2.75) is 59.0 Å². The van der Waals surface area contributed by atoms with Crippen molar-refractivity contribution in [2.75, 3.05) is 7.05 Å². The van der Waals surface area contributed by atoms with Crippen molar-refractivity contribution in [3.63, 3.8) is 0 Å². The van der Waals surface area contributed by atoms with Gasteiger partial charge in [-0.2, -0.15) is 0 Å². The molecule has 0 heterocycles. The molecule has 1 aliphatic carbocycles. The number of halogens is 1. The van der Waals surface area contributed by atoms with Gasteiger partial charge >= 0.3 is 0 Å². The first-order valence-electron chi connectivity index (χ1n) is 6.58. The van der Waals surface area contributed by atoms with Crippen LogP contribution in [0.5, 0.6) is 0 Å². The van der Waals surface area contributed by atoms with Gasteiger partial charge in [-0.1, -0.05) is 27.2 Å². The highest BCUT2D eigenvalue weighted by molar-refractivity contribution is 14.0. The Bertz CT molecular complexity index is 241. The van der Waals surface area contributed by atoms with Crippen molar-refractivity contribution in [2.24, 2.45) is 16.8 Å². The molecule has 3 nitrogen and oxygen atoms in total. The van der Waals surface area contributed by atoms with Crippen LogP contribution in [0.25, 0.3) is 0 Å². The fourth-order valence-electron chi connectivity index (χ4n) is 1.84. The van der Waals surface area contributed by atoms with Crippen LogP contribution in [0.4, 0.5) is 0 Å². The number of rotatable bonds is 5. The van der Waals surface area contributed by atoms with Crippen molar-refractivity contribution >= 4 is 29.9 Å². The van der Waals surface area contributed by atoms with Crippen LogP contribution < -0.4 is 10.6 Å². The second-order valence-electron chi connectivity index (χ2n) is 5.28. The molecule has 4 heteroatoms. The molecule has 1 fully saturated rings. The van der Waals surface area contributed by atoms with Crippen molar-refractivity contribution in [3.8, 4) is 0 Å². The highest BCUT2D eigenvalue weighted by Crippen LogP contribution is 2.34. The maximum Gasteiger partial charge on any atom is 0.191 e. The summed E-state index contributed by atoms with van der Waals surface area (Å²) in [6.45, 7) is 8.90. The largest absolute Gasteiger partial charge is 0.354 e. The molecule has 0 aromatic rings. The van der Waals surface area contributed by atoms with E-state index in [1.807, 2.05) is 7.05 Å². The van der Waals surface area contributed by atoms with Gasteiger partial charge in [0, 0.05) is 19.1 Å². The Hall–Kier alpha value is 0. The van der Waals surface area contributed by atoms with Crippen molar-refractivity contribution < 1.29 is 0 Å². The van der Waals surface area contributed by atoms with E-state index in [2.05, 4.69) is 43.3 Å². The third-order valence-electron chi connectivity index (χ3n) is 3.49. The lowest BCUT2D eigenvalue weighted by atomic mass is 10.1. The molecular formula is C13H28IN3. The van der Waals surface area contributed by atoms with Gasteiger partial charge < -0.3 is 10.6 Å². The van der Waals surface area contributed by atoms with Gasteiger partial charge in [0.1, 0.15) is 0 Å². The minimum Gasteiger partial charge on any atom is -0.354 e. The second kappa shape index (κ2) is 8.16. The molecule has 0 amide bonds. The minimum atomic E-state index is 0. The highest BCUT2D eigenvalue weighted by Gasteiger charge is 2.36. The van der Waals surface area contributed by atoms with Gasteiger partial charge in [0.15, 0.2) is 5.96 Å². The van der Waals surface area contributed by atoms with E-state index in [9.17, 15) is 0 Å². The molecule has 3 atom stereocenters. The number of hydrogen-bond acceptors (Lipinski definition) is 1. The molecule has 1 rings (SSSR count). The number of nitrogens with zero attached hydrogens (tertiary/aromatic N) is 1. The molecule has 0 spiro atoms. The second-order valence-corrected chi connectivity index (χ2v) is 5.28. The molecule has 0 aliphatic heterocycles. The van der Waals surface area contributed by atoms with Crippen LogP contribution in [0.3, 0.4) is 0 Å². The van der Waals surface area contributed by atoms with Gasteiger partial charge in [-0.05, 0) is 31.6 Å². The van der Waals surface area contributed by atoms with Crippen molar-refractivity contribution in [1.29, 1.82) is 0 Å². The number of guanidine groups is 1. The van der Waals surface area contributed by atoms with Gasteiger partial charge in [0.05, 0.1) is 0 Å². The molecule has 1 saturated carbocycles. The Kier molecular flexibility index (Phi) is 8.16. The average molecular weight is 353 g/mol. The van der Waals surface area contributed by atoms with E-state index in [4.69, 9.17) is 0 Å². The molecular weight excluding hydrogens is 325 g/mol. The summed E-state index contributed by atoms with van der Waals surface area (Å²) in [5, 5.41) is 6.94. The standard InChI is InChI=1S/C13H27N3.HI/c1-6-7-11-8-12(11)16-13(14-5)15-10(4)9(2)3;/h9-12H,6-8H2,1-5H3,(H2,14,15,16);1H. The summed E-state index contributed by atoms with van der Waals surface area (Å²) in [7, 11) is 1.85. The molecule has 2 N–H and O–H groups in total. The average Bonchev–Trinajstić information content (AvgIpc) is 2.95. The smallest absolute Gasteiger partial charge is 0.191 e. The van der Waals surface area contributed by atoms with Gasteiger partial charge in [0.2, 0.25) is 0 Å². The van der Waals surface area contributed by atoms with E-state index in [0.29, 0.717) is 18.0 Å². The molecule has 1 aliphatic rings. The lowest BCUT2D eigenvalue weighted by Crippen LogP contribution is -2.45. The van der Waals surface area contributed by atoms with Crippen LogP contribution in [0, 0.1) is 11.8 Å². The molecule has 0 aromatic heterocycles. The minimum absolute atomic E-state index is 0. The summed E-state index contributed by atoms with van der Waals surface area (Å²) in [5.41, 5.74) is 0. The lowest BCUT2D eigenvalue weighted by molar-refractivity contribution is 0.479.